The number of amides is 1. The molecule has 0 radical (unpaired) electrons. The second-order valence-corrected chi connectivity index (χ2v) is 6.80. The molecule has 0 bridgehead atoms. The number of benzene rings is 1. The van der Waals surface area contributed by atoms with Crippen molar-refractivity contribution in [3.05, 3.63) is 48.6 Å². The molecule has 0 aliphatic carbocycles. The molecule has 1 aliphatic rings. The fourth-order valence-electron chi connectivity index (χ4n) is 2.61. The number of hydrogen-bond acceptors (Lipinski definition) is 3. The zero-order valence-electron chi connectivity index (χ0n) is 12.4. The molecule has 2 N–H and O–H groups in total. The highest BCUT2D eigenvalue weighted by Gasteiger charge is 2.30. The largest absolute Gasteiger partial charge is 0.340 e. The van der Waals surface area contributed by atoms with Gasteiger partial charge in [0.1, 0.15) is 0 Å². The Balaban J connectivity index is 2.08. The van der Waals surface area contributed by atoms with Gasteiger partial charge in [0.15, 0.2) is 0 Å². The Morgan fingerprint density at radius 3 is 2.32 bits per heavy atom. The van der Waals surface area contributed by atoms with E-state index in [-0.39, 0.29) is 24.9 Å². The summed E-state index contributed by atoms with van der Waals surface area (Å²) in [6.45, 7) is 4.91. The molecule has 1 saturated heterocycles. The van der Waals surface area contributed by atoms with Crippen LogP contribution >= 0.6 is 0 Å². The molecule has 1 atom stereocenters. The highest BCUT2D eigenvalue weighted by molar-refractivity contribution is 7.86. The van der Waals surface area contributed by atoms with Gasteiger partial charge in [-0.15, -0.1) is 6.58 Å². The predicted molar refractivity (Wildman–Crippen MR) is 85.3 cm³/mol. The Hall–Kier alpha value is -1.70. The van der Waals surface area contributed by atoms with Crippen molar-refractivity contribution in [1.29, 1.82) is 0 Å². The molecule has 1 amide bonds. The normalized spacial score (nSPS) is 18.0. The molecular weight excluding hydrogens is 302 g/mol. The molecule has 7 heteroatoms. The summed E-state index contributed by atoms with van der Waals surface area (Å²) >= 11 is 0. The first-order valence-electron chi connectivity index (χ1n) is 7.16. The van der Waals surface area contributed by atoms with Gasteiger partial charge >= 0.3 is 0 Å². The van der Waals surface area contributed by atoms with Crippen LogP contribution in [-0.2, 0) is 15.0 Å². The quantitative estimate of drug-likeness (QED) is 0.809. The molecule has 2 rings (SSSR count). The second-order valence-electron chi connectivity index (χ2n) is 5.26. The average Bonchev–Trinajstić information content (AvgIpc) is 2.52. The molecule has 1 unspecified atom stereocenters. The lowest BCUT2D eigenvalue weighted by Crippen LogP contribution is -2.53. The SMILES string of the molecule is C=CCC(C(=O)N1CCN(S(N)(=O)=O)CC1)c1ccccc1. The van der Waals surface area contributed by atoms with Crippen LogP contribution in [0.1, 0.15) is 17.9 Å². The van der Waals surface area contributed by atoms with Crippen LogP contribution < -0.4 is 5.14 Å². The Bertz CT molecular complexity index is 623. The van der Waals surface area contributed by atoms with E-state index in [1.54, 1.807) is 11.0 Å². The fourth-order valence-corrected chi connectivity index (χ4v) is 3.29. The van der Waals surface area contributed by atoms with Gasteiger partial charge in [-0.05, 0) is 12.0 Å². The van der Waals surface area contributed by atoms with E-state index in [2.05, 4.69) is 6.58 Å². The molecule has 0 saturated carbocycles. The second kappa shape index (κ2) is 7.04. The number of piperazine rings is 1. The number of carbonyl (C=O) groups excluding carboxylic acids is 1. The number of nitrogens with zero attached hydrogens (tertiary/aromatic N) is 2. The molecular formula is C15H21N3O3S. The van der Waals surface area contributed by atoms with Crippen molar-refractivity contribution in [2.24, 2.45) is 5.14 Å². The number of carbonyl (C=O) groups is 1. The number of rotatable bonds is 5. The maximum Gasteiger partial charge on any atom is 0.277 e. The molecule has 120 valence electrons. The van der Waals surface area contributed by atoms with E-state index in [1.165, 1.54) is 4.31 Å². The molecule has 0 spiro atoms. The summed E-state index contributed by atoms with van der Waals surface area (Å²) in [7, 11) is -3.68. The van der Waals surface area contributed by atoms with Gasteiger partial charge in [0.05, 0.1) is 5.92 Å². The van der Waals surface area contributed by atoms with Crippen LogP contribution in [0.2, 0.25) is 0 Å². The molecule has 1 fully saturated rings. The van der Waals surface area contributed by atoms with Crippen LogP contribution in [-0.4, -0.2) is 49.7 Å². The summed E-state index contributed by atoms with van der Waals surface area (Å²) in [6.07, 6.45) is 2.29. The number of nitrogens with two attached hydrogens (primary N) is 1. The maximum atomic E-state index is 12.7. The van der Waals surface area contributed by atoms with E-state index in [1.807, 2.05) is 30.3 Å². The van der Waals surface area contributed by atoms with Crippen LogP contribution in [0, 0.1) is 0 Å². The third-order valence-corrected chi connectivity index (χ3v) is 4.90. The van der Waals surface area contributed by atoms with Crippen molar-refractivity contribution in [2.75, 3.05) is 26.2 Å². The van der Waals surface area contributed by atoms with Crippen LogP contribution in [0.25, 0.3) is 0 Å². The lowest BCUT2D eigenvalue weighted by Gasteiger charge is -2.35. The average molecular weight is 323 g/mol. The molecule has 0 aromatic heterocycles. The van der Waals surface area contributed by atoms with Crippen molar-refractivity contribution < 1.29 is 13.2 Å². The minimum absolute atomic E-state index is 0.000157. The maximum absolute atomic E-state index is 12.7. The molecule has 1 aromatic rings. The Morgan fingerprint density at radius 1 is 1.23 bits per heavy atom. The fraction of sp³-hybridized carbons (Fsp3) is 0.400. The van der Waals surface area contributed by atoms with E-state index in [0.29, 0.717) is 19.5 Å². The summed E-state index contributed by atoms with van der Waals surface area (Å²) in [4.78, 5) is 14.4. The van der Waals surface area contributed by atoms with Gasteiger partial charge in [-0.2, -0.15) is 12.7 Å². The lowest BCUT2D eigenvalue weighted by atomic mass is 9.94. The van der Waals surface area contributed by atoms with E-state index in [4.69, 9.17) is 5.14 Å². The summed E-state index contributed by atoms with van der Waals surface area (Å²) in [5.74, 6) is -0.278. The molecule has 1 aliphatic heterocycles. The van der Waals surface area contributed by atoms with Crippen LogP contribution in [0.15, 0.2) is 43.0 Å². The first-order chi connectivity index (χ1) is 10.4. The lowest BCUT2D eigenvalue weighted by molar-refractivity contribution is -0.134. The molecule has 22 heavy (non-hydrogen) atoms. The third-order valence-electron chi connectivity index (χ3n) is 3.81. The zero-order chi connectivity index (χ0) is 16.2. The Labute approximate surface area is 131 Å². The highest BCUT2D eigenvalue weighted by Crippen LogP contribution is 2.23. The number of hydrogen-bond donors (Lipinski definition) is 1. The standard InChI is InChI=1S/C15H21N3O3S/c1-2-6-14(13-7-4-3-5-8-13)15(19)17-9-11-18(12-10-17)22(16,20)21/h2-5,7-8,14H,1,6,9-12H2,(H2,16,20,21). The van der Waals surface area contributed by atoms with Crippen LogP contribution in [0.5, 0.6) is 0 Å². The van der Waals surface area contributed by atoms with Crippen LogP contribution in [0.3, 0.4) is 0 Å². The van der Waals surface area contributed by atoms with Crippen LogP contribution in [0.4, 0.5) is 0 Å². The monoisotopic (exact) mass is 323 g/mol. The minimum Gasteiger partial charge on any atom is -0.340 e. The third kappa shape index (κ3) is 3.94. The molecule has 1 aromatic carbocycles. The van der Waals surface area contributed by atoms with Gasteiger partial charge in [0, 0.05) is 26.2 Å². The van der Waals surface area contributed by atoms with Gasteiger partial charge < -0.3 is 4.90 Å². The van der Waals surface area contributed by atoms with Crippen molar-refractivity contribution in [3.8, 4) is 0 Å². The van der Waals surface area contributed by atoms with Crippen molar-refractivity contribution in [3.63, 3.8) is 0 Å². The highest BCUT2D eigenvalue weighted by atomic mass is 32.2. The van der Waals surface area contributed by atoms with E-state index >= 15 is 0 Å². The van der Waals surface area contributed by atoms with Gasteiger partial charge in [-0.3, -0.25) is 4.79 Å². The van der Waals surface area contributed by atoms with E-state index in [9.17, 15) is 13.2 Å². The zero-order valence-corrected chi connectivity index (χ0v) is 13.2. The van der Waals surface area contributed by atoms with Gasteiger partial charge in [-0.1, -0.05) is 36.4 Å². The molecule has 6 nitrogen and oxygen atoms in total. The first kappa shape index (κ1) is 16.7. The molecule has 1 heterocycles. The van der Waals surface area contributed by atoms with Crippen molar-refractivity contribution in [1.82, 2.24) is 9.21 Å². The summed E-state index contributed by atoms with van der Waals surface area (Å²) in [5.41, 5.74) is 0.946. The Morgan fingerprint density at radius 2 is 1.82 bits per heavy atom. The van der Waals surface area contributed by atoms with Crippen molar-refractivity contribution in [2.45, 2.75) is 12.3 Å². The van der Waals surface area contributed by atoms with Gasteiger partial charge in [0.25, 0.3) is 10.2 Å². The first-order valence-corrected chi connectivity index (χ1v) is 8.66. The summed E-state index contributed by atoms with van der Waals surface area (Å²) in [5, 5.41) is 5.11. The topological polar surface area (TPSA) is 83.7 Å². The minimum atomic E-state index is -3.68. The van der Waals surface area contributed by atoms with Gasteiger partial charge in [0.2, 0.25) is 5.91 Å². The van der Waals surface area contributed by atoms with Crippen molar-refractivity contribution >= 4 is 16.1 Å². The summed E-state index contributed by atoms with van der Waals surface area (Å²) < 4.78 is 23.8. The van der Waals surface area contributed by atoms with E-state index < -0.39 is 10.2 Å². The number of allylic oxidation sites excluding steroid dienone is 1. The van der Waals surface area contributed by atoms with Gasteiger partial charge in [-0.25, -0.2) is 5.14 Å². The summed E-state index contributed by atoms with van der Waals surface area (Å²) in [6, 6.07) is 9.55. The smallest absolute Gasteiger partial charge is 0.277 e. The van der Waals surface area contributed by atoms with E-state index in [0.717, 1.165) is 5.56 Å². The predicted octanol–water partition coefficient (Wildman–Crippen LogP) is 0.694. The Kier molecular flexibility index (Phi) is 5.33.